The molecule has 0 saturated carbocycles. The van der Waals surface area contributed by atoms with Gasteiger partial charge in [0.05, 0.1) is 0 Å². The van der Waals surface area contributed by atoms with Gasteiger partial charge >= 0.3 is 35.5 Å². The third-order valence-corrected chi connectivity index (χ3v) is 0.243. The summed E-state index contributed by atoms with van der Waals surface area (Å²) in [5.41, 5.74) is 0. The summed E-state index contributed by atoms with van der Waals surface area (Å²) < 4.78 is 10.5. The van der Waals surface area contributed by atoms with E-state index in [-0.39, 0.29) is 29.6 Å². The molecule has 4 heteroatoms. The monoisotopic (exact) mass is 114 g/mol. The Labute approximate surface area is 62.5 Å². The summed E-state index contributed by atoms with van der Waals surface area (Å²) in [6, 6.07) is 0. The molecule has 0 aromatic heterocycles. The van der Waals surface area contributed by atoms with Crippen LogP contribution in [0, 0.1) is 0 Å². The van der Waals surface area contributed by atoms with Crippen molar-refractivity contribution in [2.24, 2.45) is 0 Å². The van der Waals surface area contributed by atoms with Gasteiger partial charge in [-0.15, -0.1) is 0 Å². The SMILES string of the molecule is C=CC(=O)OF.[NaH]. The van der Waals surface area contributed by atoms with Crippen LogP contribution in [0.3, 0.4) is 0 Å². The maximum absolute atomic E-state index is 10.5. The van der Waals surface area contributed by atoms with Crippen molar-refractivity contribution in [1.29, 1.82) is 0 Å². The standard InChI is InChI=1S/C3H3FO2.Na.H/c1-2-3(5)6-4;;/h2H,1H2;;. The first kappa shape index (κ1) is 10.2. The summed E-state index contributed by atoms with van der Waals surface area (Å²) in [6.45, 7) is 2.92. The van der Waals surface area contributed by atoms with Gasteiger partial charge in [0, 0.05) is 10.6 Å². The second-order valence-corrected chi connectivity index (χ2v) is 0.600. The first-order valence-corrected chi connectivity index (χ1v) is 1.26. The molecule has 36 valence electrons. The number of hydrogen-bond donors (Lipinski definition) is 0. The number of carbonyl (C=O) groups excluding carboxylic acids is 1. The van der Waals surface area contributed by atoms with Gasteiger partial charge in [-0.25, -0.2) is 4.79 Å². The van der Waals surface area contributed by atoms with Crippen molar-refractivity contribution < 1.29 is 14.3 Å². The molecule has 0 amide bonds. The fourth-order valence-corrected chi connectivity index (χ4v) is 0.0315. The van der Waals surface area contributed by atoms with E-state index in [1.165, 1.54) is 0 Å². The van der Waals surface area contributed by atoms with E-state index in [2.05, 4.69) is 11.5 Å². The second kappa shape index (κ2) is 6.14. The van der Waals surface area contributed by atoms with Crippen molar-refractivity contribution >= 4 is 35.5 Å². The van der Waals surface area contributed by atoms with E-state index in [1.807, 2.05) is 0 Å². The zero-order valence-corrected chi connectivity index (χ0v) is 2.98. The van der Waals surface area contributed by atoms with Gasteiger partial charge < -0.3 is 0 Å². The van der Waals surface area contributed by atoms with E-state index >= 15 is 0 Å². The third kappa shape index (κ3) is 6.14. The third-order valence-electron chi connectivity index (χ3n) is 0.243. The second-order valence-electron chi connectivity index (χ2n) is 0.600. The van der Waals surface area contributed by atoms with E-state index in [0.717, 1.165) is 6.08 Å². The predicted molar refractivity (Wildman–Crippen MR) is 24.5 cm³/mol. The quantitative estimate of drug-likeness (QED) is 0.353. The zero-order chi connectivity index (χ0) is 4.99. The number of hydrogen-bond acceptors (Lipinski definition) is 2. The van der Waals surface area contributed by atoms with Crippen molar-refractivity contribution in [3.05, 3.63) is 12.7 Å². The molecule has 0 spiro atoms. The molecule has 0 radical (unpaired) electrons. The molecular weight excluding hydrogens is 110 g/mol. The average Bonchev–Trinajstić information content (AvgIpc) is 1.65. The minimum atomic E-state index is -1.06. The first-order chi connectivity index (χ1) is 2.81. The topological polar surface area (TPSA) is 26.3 Å². The Kier molecular flexibility index (Phi) is 8.94. The Balaban J connectivity index is 0. The van der Waals surface area contributed by atoms with Crippen molar-refractivity contribution in [3.63, 3.8) is 0 Å². The molecule has 7 heavy (non-hydrogen) atoms. The van der Waals surface area contributed by atoms with E-state index in [4.69, 9.17) is 0 Å². The molecule has 0 aliphatic rings. The summed E-state index contributed by atoms with van der Waals surface area (Å²) in [4.78, 5) is 12.1. The number of rotatable bonds is 1. The Morgan fingerprint density at radius 2 is 2.29 bits per heavy atom. The van der Waals surface area contributed by atoms with E-state index in [1.54, 1.807) is 0 Å². The molecule has 0 aliphatic carbocycles. The summed E-state index contributed by atoms with van der Waals surface area (Å²) in [6.07, 6.45) is 0.736. The molecule has 0 atom stereocenters. The molecule has 0 N–H and O–H groups in total. The molecule has 0 unspecified atom stereocenters. The summed E-state index contributed by atoms with van der Waals surface area (Å²) in [7, 11) is 0. The van der Waals surface area contributed by atoms with Gasteiger partial charge in [0.15, 0.2) is 0 Å². The Morgan fingerprint density at radius 3 is 2.29 bits per heavy atom. The van der Waals surface area contributed by atoms with Crippen molar-refractivity contribution in [2.45, 2.75) is 0 Å². The molecule has 0 aromatic carbocycles. The van der Waals surface area contributed by atoms with Crippen molar-refractivity contribution in [3.8, 4) is 0 Å². The fourth-order valence-electron chi connectivity index (χ4n) is 0.0315. The van der Waals surface area contributed by atoms with Crippen LogP contribution in [0.4, 0.5) is 4.53 Å². The van der Waals surface area contributed by atoms with Crippen molar-refractivity contribution in [2.75, 3.05) is 0 Å². The van der Waals surface area contributed by atoms with Crippen LogP contribution in [0.5, 0.6) is 0 Å². The molecule has 0 bridgehead atoms. The molecule has 0 fully saturated rings. The van der Waals surface area contributed by atoms with Gasteiger partial charge in [0.25, 0.3) is 0 Å². The Hall–Kier alpha value is 0.140. The summed E-state index contributed by atoms with van der Waals surface area (Å²) in [5.74, 6) is -1.06. The normalized spacial score (nSPS) is 5.86. The van der Waals surface area contributed by atoms with Gasteiger partial charge in [-0.2, -0.15) is 0 Å². The molecule has 0 rings (SSSR count). The average molecular weight is 114 g/mol. The van der Waals surface area contributed by atoms with Crippen LogP contribution < -0.4 is 0 Å². The number of carbonyl (C=O) groups is 1. The molecule has 0 saturated heterocycles. The maximum atomic E-state index is 10.5. The van der Waals surface area contributed by atoms with Crippen LogP contribution >= 0.6 is 0 Å². The Morgan fingerprint density at radius 1 is 1.86 bits per heavy atom. The Bertz CT molecular complexity index is 73.3. The fraction of sp³-hybridized carbons (Fsp3) is 0. The van der Waals surface area contributed by atoms with Gasteiger partial charge in [-0.3, -0.25) is 4.94 Å². The summed E-state index contributed by atoms with van der Waals surface area (Å²) in [5, 5.41) is 0. The molecule has 0 heterocycles. The minimum absolute atomic E-state index is 0. The molecule has 2 nitrogen and oxygen atoms in total. The predicted octanol–water partition coefficient (Wildman–Crippen LogP) is -0.0484. The molecule has 0 aliphatic heterocycles. The van der Waals surface area contributed by atoms with Crippen molar-refractivity contribution in [1.82, 2.24) is 0 Å². The number of halogens is 1. The summed E-state index contributed by atoms with van der Waals surface area (Å²) >= 11 is 0. The van der Waals surface area contributed by atoms with Gasteiger partial charge in [0.2, 0.25) is 0 Å². The van der Waals surface area contributed by atoms with Crippen LogP contribution in [0.1, 0.15) is 0 Å². The zero-order valence-electron chi connectivity index (χ0n) is 2.98. The van der Waals surface area contributed by atoms with Crippen LogP contribution in [-0.2, 0) is 9.74 Å². The molecular formula is C3H4FNaO2. The van der Waals surface area contributed by atoms with Crippen LogP contribution in [0.25, 0.3) is 0 Å². The first-order valence-electron chi connectivity index (χ1n) is 1.26. The van der Waals surface area contributed by atoms with Crippen LogP contribution in [-0.4, -0.2) is 35.5 Å². The van der Waals surface area contributed by atoms with Crippen LogP contribution in [0.2, 0.25) is 0 Å². The van der Waals surface area contributed by atoms with E-state index in [0.29, 0.717) is 0 Å². The molecule has 0 aromatic rings. The van der Waals surface area contributed by atoms with Gasteiger partial charge in [-0.1, -0.05) is 6.58 Å². The van der Waals surface area contributed by atoms with E-state index < -0.39 is 5.97 Å². The van der Waals surface area contributed by atoms with Gasteiger partial charge in [0.1, 0.15) is 0 Å². The van der Waals surface area contributed by atoms with E-state index in [9.17, 15) is 9.32 Å². The van der Waals surface area contributed by atoms with Gasteiger partial charge in [-0.05, 0) is 0 Å². The van der Waals surface area contributed by atoms with Crippen LogP contribution in [0.15, 0.2) is 12.7 Å².